The van der Waals surface area contributed by atoms with E-state index in [4.69, 9.17) is 18.9 Å². The van der Waals surface area contributed by atoms with Crippen LogP contribution in [0.2, 0.25) is 0 Å². The molecule has 2 fully saturated rings. The van der Waals surface area contributed by atoms with Crippen molar-refractivity contribution in [3.05, 3.63) is 83.9 Å². The fourth-order valence-corrected chi connectivity index (χ4v) is 2.93. The molecule has 3 aromatic carbocycles. The van der Waals surface area contributed by atoms with Crippen molar-refractivity contribution in [2.75, 3.05) is 26.4 Å². The van der Waals surface area contributed by atoms with E-state index in [1.165, 1.54) is 0 Å². The average Bonchev–Trinajstić information content (AvgIpc) is 3.76. The molecule has 162 valence electrons. The third-order valence-electron chi connectivity index (χ3n) is 5.01. The van der Waals surface area contributed by atoms with Gasteiger partial charge in [-0.25, -0.2) is 0 Å². The number of hydrogen-bond donors (Lipinski definition) is 0. The molecule has 5 rings (SSSR count). The SMILES string of the molecule is C(=Nc1ccc(C=Nc2ccc(OCC3CO3)cc2)cc1)c1ccc(OCC2CO2)cc1. The smallest absolute Gasteiger partial charge is 0.119 e. The average molecular weight is 428 g/mol. The van der Waals surface area contributed by atoms with E-state index in [0.717, 1.165) is 47.2 Å². The Morgan fingerprint density at radius 3 is 1.44 bits per heavy atom. The summed E-state index contributed by atoms with van der Waals surface area (Å²) in [5, 5.41) is 0. The molecule has 2 heterocycles. The summed E-state index contributed by atoms with van der Waals surface area (Å²) in [6, 6.07) is 23.5. The molecule has 2 aliphatic rings. The van der Waals surface area contributed by atoms with E-state index in [9.17, 15) is 0 Å². The molecule has 0 aliphatic carbocycles. The Labute approximate surface area is 187 Å². The van der Waals surface area contributed by atoms with Gasteiger partial charge in [-0.05, 0) is 71.8 Å². The van der Waals surface area contributed by atoms with Gasteiger partial charge < -0.3 is 18.9 Å². The minimum Gasteiger partial charge on any atom is -0.491 e. The van der Waals surface area contributed by atoms with Gasteiger partial charge in [0.2, 0.25) is 0 Å². The van der Waals surface area contributed by atoms with Crippen LogP contribution in [-0.2, 0) is 9.47 Å². The lowest BCUT2D eigenvalue weighted by atomic mass is 10.2. The molecule has 6 nitrogen and oxygen atoms in total. The number of aliphatic imine (C=N–C) groups is 2. The maximum Gasteiger partial charge on any atom is 0.119 e. The summed E-state index contributed by atoms with van der Waals surface area (Å²) in [5.74, 6) is 1.67. The van der Waals surface area contributed by atoms with Crippen LogP contribution in [0.3, 0.4) is 0 Å². The molecule has 0 bridgehead atoms. The van der Waals surface area contributed by atoms with Gasteiger partial charge in [0.25, 0.3) is 0 Å². The molecule has 0 amide bonds. The predicted octanol–water partition coefficient (Wildman–Crippen LogP) is 4.74. The summed E-state index contributed by atoms with van der Waals surface area (Å²) in [5.41, 5.74) is 3.78. The van der Waals surface area contributed by atoms with E-state index in [0.29, 0.717) is 13.2 Å². The maximum atomic E-state index is 5.65. The van der Waals surface area contributed by atoms with Crippen molar-refractivity contribution < 1.29 is 18.9 Å². The van der Waals surface area contributed by atoms with Crippen molar-refractivity contribution in [1.29, 1.82) is 0 Å². The Morgan fingerprint density at radius 1 is 0.625 bits per heavy atom. The molecule has 0 saturated carbocycles. The Kier molecular flexibility index (Phi) is 6.23. The summed E-state index contributed by atoms with van der Waals surface area (Å²) in [7, 11) is 0. The Morgan fingerprint density at radius 2 is 1.00 bits per heavy atom. The monoisotopic (exact) mass is 428 g/mol. The first kappa shape index (κ1) is 20.4. The second-order valence-corrected chi connectivity index (χ2v) is 7.70. The highest BCUT2D eigenvalue weighted by atomic mass is 16.6. The van der Waals surface area contributed by atoms with Crippen LogP contribution in [0.4, 0.5) is 11.4 Å². The third kappa shape index (κ3) is 6.26. The van der Waals surface area contributed by atoms with Crippen LogP contribution in [-0.4, -0.2) is 51.1 Å². The van der Waals surface area contributed by atoms with Gasteiger partial charge in [-0.15, -0.1) is 0 Å². The molecule has 2 atom stereocenters. The van der Waals surface area contributed by atoms with E-state index in [1.54, 1.807) is 0 Å². The quantitative estimate of drug-likeness (QED) is 0.345. The topological polar surface area (TPSA) is 68.2 Å². The summed E-state index contributed by atoms with van der Waals surface area (Å²) in [4.78, 5) is 9.06. The van der Waals surface area contributed by atoms with Gasteiger partial charge in [0.05, 0.1) is 24.6 Å². The van der Waals surface area contributed by atoms with Crippen molar-refractivity contribution in [3.8, 4) is 11.5 Å². The highest BCUT2D eigenvalue weighted by molar-refractivity contribution is 5.84. The van der Waals surface area contributed by atoms with Crippen LogP contribution in [0.25, 0.3) is 0 Å². The summed E-state index contributed by atoms with van der Waals surface area (Å²) < 4.78 is 21.6. The maximum absolute atomic E-state index is 5.65. The fourth-order valence-electron chi connectivity index (χ4n) is 2.93. The van der Waals surface area contributed by atoms with Crippen LogP contribution in [0.5, 0.6) is 11.5 Å². The highest BCUT2D eigenvalue weighted by Gasteiger charge is 2.23. The predicted molar refractivity (Wildman–Crippen MR) is 124 cm³/mol. The van der Waals surface area contributed by atoms with Gasteiger partial charge in [0, 0.05) is 12.4 Å². The van der Waals surface area contributed by atoms with Gasteiger partial charge >= 0.3 is 0 Å². The lowest BCUT2D eigenvalue weighted by molar-refractivity contribution is 0.263. The number of ether oxygens (including phenoxy) is 4. The summed E-state index contributed by atoms with van der Waals surface area (Å²) in [6.07, 6.45) is 4.20. The van der Waals surface area contributed by atoms with Crippen molar-refractivity contribution in [2.24, 2.45) is 9.98 Å². The van der Waals surface area contributed by atoms with E-state index in [2.05, 4.69) is 9.98 Å². The van der Waals surface area contributed by atoms with Gasteiger partial charge in [0.15, 0.2) is 0 Å². The van der Waals surface area contributed by atoms with Crippen molar-refractivity contribution in [1.82, 2.24) is 0 Å². The second kappa shape index (κ2) is 9.77. The van der Waals surface area contributed by atoms with E-state index in [1.807, 2.05) is 85.2 Å². The van der Waals surface area contributed by atoms with Crippen LogP contribution >= 0.6 is 0 Å². The molecule has 2 saturated heterocycles. The number of rotatable bonds is 10. The van der Waals surface area contributed by atoms with E-state index < -0.39 is 0 Å². The zero-order valence-electron chi connectivity index (χ0n) is 17.6. The lowest BCUT2D eigenvalue weighted by Crippen LogP contribution is -2.03. The molecule has 2 unspecified atom stereocenters. The molecule has 2 aliphatic heterocycles. The van der Waals surface area contributed by atoms with Gasteiger partial charge in [-0.1, -0.05) is 12.1 Å². The van der Waals surface area contributed by atoms with Crippen molar-refractivity contribution >= 4 is 23.8 Å². The van der Waals surface area contributed by atoms with Crippen LogP contribution in [0.15, 0.2) is 82.8 Å². The van der Waals surface area contributed by atoms with Crippen LogP contribution < -0.4 is 9.47 Å². The molecular weight excluding hydrogens is 404 g/mol. The largest absolute Gasteiger partial charge is 0.491 e. The minimum atomic E-state index is 0.257. The van der Waals surface area contributed by atoms with Gasteiger partial charge in [-0.2, -0.15) is 0 Å². The molecule has 0 radical (unpaired) electrons. The molecule has 0 spiro atoms. The standard InChI is InChI=1S/C26H24N2O4/c1-5-21(27-14-20-3-9-23(10-4-20)29-15-25-17-31-25)6-2-19(1)13-28-22-7-11-24(12-8-22)30-16-26-18-32-26/h1-14,25-26H,15-18H2. The first-order chi connectivity index (χ1) is 15.8. The first-order valence-corrected chi connectivity index (χ1v) is 10.7. The van der Waals surface area contributed by atoms with E-state index in [-0.39, 0.29) is 12.2 Å². The number of epoxide rings is 2. The molecular formula is C26H24N2O4. The Bertz CT molecular complexity index is 980. The number of hydrogen-bond acceptors (Lipinski definition) is 6. The zero-order chi connectivity index (χ0) is 21.6. The lowest BCUT2D eigenvalue weighted by Gasteiger charge is -2.04. The van der Waals surface area contributed by atoms with Gasteiger partial charge in [-0.3, -0.25) is 9.98 Å². The van der Waals surface area contributed by atoms with Crippen molar-refractivity contribution in [2.45, 2.75) is 12.2 Å². The molecule has 6 heteroatoms. The third-order valence-corrected chi connectivity index (χ3v) is 5.01. The minimum absolute atomic E-state index is 0.257. The second-order valence-electron chi connectivity index (χ2n) is 7.70. The normalized spacial score (nSPS) is 19.4. The van der Waals surface area contributed by atoms with Crippen LogP contribution in [0, 0.1) is 0 Å². The number of benzene rings is 3. The van der Waals surface area contributed by atoms with Crippen molar-refractivity contribution in [3.63, 3.8) is 0 Å². The number of nitrogens with zero attached hydrogens (tertiary/aromatic N) is 2. The highest BCUT2D eigenvalue weighted by Crippen LogP contribution is 2.20. The molecule has 0 aromatic heterocycles. The summed E-state index contributed by atoms with van der Waals surface area (Å²) >= 11 is 0. The first-order valence-electron chi connectivity index (χ1n) is 10.7. The molecule has 0 N–H and O–H groups in total. The Balaban J connectivity index is 1.12. The summed E-state index contributed by atoms with van der Waals surface area (Å²) in [6.45, 7) is 2.81. The molecule has 32 heavy (non-hydrogen) atoms. The van der Waals surface area contributed by atoms with Crippen LogP contribution in [0.1, 0.15) is 11.1 Å². The van der Waals surface area contributed by atoms with E-state index >= 15 is 0 Å². The molecule has 3 aromatic rings. The Hall–Kier alpha value is -3.48. The fraction of sp³-hybridized carbons (Fsp3) is 0.231. The zero-order valence-corrected chi connectivity index (χ0v) is 17.6. The van der Waals surface area contributed by atoms with Gasteiger partial charge in [0.1, 0.15) is 36.9 Å².